The Morgan fingerprint density at radius 3 is 2.47 bits per heavy atom. The minimum atomic E-state index is -0.505. The molecule has 17 heavy (non-hydrogen) atoms. The number of aryl methyl sites for hydroxylation is 1. The molecule has 0 bridgehead atoms. The van der Waals surface area contributed by atoms with Gasteiger partial charge in [0.2, 0.25) is 0 Å². The Balaban J connectivity index is 1.77. The Morgan fingerprint density at radius 1 is 1.06 bits per heavy atom. The zero-order chi connectivity index (χ0) is 12.0. The van der Waals surface area contributed by atoms with Crippen LogP contribution < -0.4 is 0 Å². The fourth-order valence-corrected chi connectivity index (χ4v) is 2.53. The van der Waals surface area contributed by atoms with Gasteiger partial charge in [0, 0.05) is 0 Å². The molecule has 1 saturated carbocycles. The summed E-state index contributed by atoms with van der Waals surface area (Å²) in [4.78, 5) is 0. The molecule has 0 spiro atoms. The van der Waals surface area contributed by atoms with E-state index in [9.17, 15) is 5.11 Å². The van der Waals surface area contributed by atoms with Crippen molar-refractivity contribution in [2.45, 2.75) is 50.5 Å². The van der Waals surface area contributed by atoms with E-state index in [1.54, 1.807) is 0 Å². The molecule has 1 aliphatic carbocycles. The monoisotopic (exact) mass is 230 g/mol. The molecule has 1 heteroatoms. The van der Waals surface area contributed by atoms with Crippen LogP contribution in [0.3, 0.4) is 0 Å². The highest BCUT2D eigenvalue weighted by Crippen LogP contribution is 2.29. The molecule has 1 N–H and O–H groups in total. The van der Waals surface area contributed by atoms with Gasteiger partial charge in [-0.1, -0.05) is 61.7 Å². The van der Waals surface area contributed by atoms with Gasteiger partial charge in [-0.25, -0.2) is 0 Å². The molecule has 0 saturated heterocycles. The van der Waals surface area contributed by atoms with Gasteiger partial charge in [0.1, 0.15) is 0 Å². The van der Waals surface area contributed by atoms with Crippen LogP contribution in [-0.2, 0) is 6.42 Å². The van der Waals surface area contributed by atoms with Crippen LogP contribution in [0.25, 0.3) is 0 Å². The van der Waals surface area contributed by atoms with Gasteiger partial charge < -0.3 is 5.11 Å². The summed E-state index contributed by atoms with van der Waals surface area (Å²) in [6.45, 7) is 0. The number of benzene rings is 1. The summed E-state index contributed by atoms with van der Waals surface area (Å²) in [5.41, 5.74) is 0.863. The smallest absolute Gasteiger partial charge is 0.0827 e. The van der Waals surface area contributed by atoms with Gasteiger partial charge in [0.25, 0.3) is 0 Å². The molecular formula is C16H22O. The minimum absolute atomic E-state index is 0.505. The molecule has 1 aromatic rings. The van der Waals surface area contributed by atoms with Gasteiger partial charge in [0.05, 0.1) is 5.60 Å². The van der Waals surface area contributed by atoms with E-state index < -0.39 is 5.60 Å². The predicted octanol–water partition coefficient (Wildman–Crippen LogP) is 3.87. The van der Waals surface area contributed by atoms with Crippen molar-refractivity contribution in [3.8, 4) is 0 Å². The predicted molar refractivity (Wildman–Crippen MR) is 71.9 cm³/mol. The molecule has 0 unspecified atom stereocenters. The molecule has 0 amide bonds. The lowest BCUT2D eigenvalue weighted by Gasteiger charge is -2.28. The van der Waals surface area contributed by atoms with Crippen LogP contribution in [0, 0.1) is 0 Å². The highest BCUT2D eigenvalue weighted by Gasteiger charge is 2.25. The lowest BCUT2D eigenvalue weighted by molar-refractivity contribution is 0.0511. The third-order valence-electron chi connectivity index (χ3n) is 3.59. The largest absolute Gasteiger partial charge is 0.386 e. The maximum Gasteiger partial charge on any atom is 0.0827 e. The second-order valence-corrected chi connectivity index (χ2v) is 5.09. The number of rotatable bonds is 4. The first-order valence-electron chi connectivity index (χ1n) is 6.73. The van der Waals surface area contributed by atoms with Crippen molar-refractivity contribution in [2.24, 2.45) is 0 Å². The average Bonchev–Trinajstić information content (AvgIpc) is 2.37. The first kappa shape index (κ1) is 12.4. The highest BCUT2D eigenvalue weighted by molar-refractivity contribution is 5.15. The Hall–Kier alpha value is -1.08. The van der Waals surface area contributed by atoms with Gasteiger partial charge >= 0.3 is 0 Å². The molecule has 2 rings (SSSR count). The zero-order valence-corrected chi connectivity index (χ0v) is 10.4. The molecule has 0 aromatic heterocycles. The van der Waals surface area contributed by atoms with Crippen molar-refractivity contribution in [1.82, 2.24) is 0 Å². The van der Waals surface area contributed by atoms with Gasteiger partial charge in [-0.05, 0) is 31.2 Å². The standard InChI is InChI=1S/C16H22O/c17-16(12-6-2-7-13-16)14-8-5-11-15-9-3-1-4-10-15/h1,3-4,8-10,14,17H,2,5-7,11-13H2/b14-8+. The zero-order valence-electron chi connectivity index (χ0n) is 10.4. The van der Waals surface area contributed by atoms with Gasteiger partial charge in [0.15, 0.2) is 0 Å². The molecular weight excluding hydrogens is 208 g/mol. The summed E-state index contributed by atoms with van der Waals surface area (Å²) >= 11 is 0. The second kappa shape index (κ2) is 6.02. The molecule has 1 aromatic carbocycles. The summed E-state index contributed by atoms with van der Waals surface area (Å²) in [7, 11) is 0. The van der Waals surface area contributed by atoms with Gasteiger partial charge in [-0.3, -0.25) is 0 Å². The molecule has 1 fully saturated rings. The quantitative estimate of drug-likeness (QED) is 0.778. The second-order valence-electron chi connectivity index (χ2n) is 5.09. The SMILES string of the molecule is OC1(/C=C/CCc2ccccc2)CCCCC1. The fraction of sp³-hybridized carbons (Fsp3) is 0.500. The summed E-state index contributed by atoms with van der Waals surface area (Å²) in [5, 5.41) is 10.3. The lowest BCUT2D eigenvalue weighted by Crippen LogP contribution is -2.28. The van der Waals surface area contributed by atoms with E-state index in [0.29, 0.717) is 0 Å². The van der Waals surface area contributed by atoms with E-state index in [-0.39, 0.29) is 0 Å². The summed E-state index contributed by atoms with van der Waals surface area (Å²) in [6.07, 6.45) is 11.8. The Bertz CT molecular complexity index is 347. The highest BCUT2D eigenvalue weighted by atomic mass is 16.3. The number of hydrogen-bond donors (Lipinski definition) is 1. The van der Waals surface area contributed by atoms with E-state index in [1.165, 1.54) is 24.8 Å². The molecule has 0 aliphatic heterocycles. The van der Waals surface area contributed by atoms with Crippen molar-refractivity contribution in [3.05, 3.63) is 48.0 Å². The van der Waals surface area contributed by atoms with Gasteiger partial charge in [-0.2, -0.15) is 0 Å². The summed E-state index contributed by atoms with van der Waals surface area (Å²) in [6, 6.07) is 10.5. The Kier molecular flexibility index (Phi) is 4.38. The molecule has 1 aliphatic rings. The molecule has 92 valence electrons. The molecule has 0 heterocycles. The van der Waals surface area contributed by atoms with Crippen LogP contribution in [0.1, 0.15) is 44.1 Å². The molecule has 0 radical (unpaired) electrons. The Labute approximate surface area is 104 Å². The van der Waals surface area contributed by atoms with Crippen molar-refractivity contribution in [3.63, 3.8) is 0 Å². The third-order valence-corrected chi connectivity index (χ3v) is 3.59. The van der Waals surface area contributed by atoms with Crippen molar-refractivity contribution in [1.29, 1.82) is 0 Å². The van der Waals surface area contributed by atoms with Crippen LogP contribution in [0.2, 0.25) is 0 Å². The lowest BCUT2D eigenvalue weighted by atomic mass is 9.84. The summed E-state index contributed by atoms with van der Waals surface area (Å²) in [5.74, 6) is 0. The van der Waals surface area contributed by atoms with Crippen molar-refractivity contribution < 1.29 is 5.11 Å². The van der Waals surface area contributed by atoms with E-state index in [0.717, 1.165) is 25.7 Å². The average molecular weight is 230 g/mol. The number of allylic oxidation sites excluding steroid dienone is 1. The first-order chi connectivity index (χ1) is 8.29. The van der Waals surface area contributed by atoms with Crippen LogP contribution in [-0.4, -0.2) is 10.7 Å². The van der Waals surface area contributed by atoms with E-state index >= 15 is 0 Å². The fourth-order valence-electron chi connectivity index (χ4n) is 2.53. The number of aliphatic hydroxyl groups is 1. The molecule has 0 atom stereocenters. The van der Waals surface area contributed by atoms with E-state index in [2.05, 4.69) is 30.3 Å². The summed E-state index contributed by atoms with van der Waals surface area (Å²) < 4.78 is 0. The maximum absolute atomic E-state index is 10.3. The van der Waals surface area contributed by atoms with Crippen LogP contribution >= 0.6 is 0 Å². The minimum Gasteiger partial charge on any atom is -0.386 e. The van der Waals surface area contributed by atoms with Crippen LogP contribution in [0.5, 0.6) is 0 Å². The van der Waals surface area contributed by atoms with Gasteiger partial charge in [-0.15, -0.1) is 0 Å². The third kappa shape index (κ3) is 4.01. The molecule has 1 nitrogen and oxygen atoms in total. The van der Waals surface area contributed by atoms with Crippen molar-refractivity contribution in [2.75, 3.05) is 0 Å². The van der Waals surface area contributed by atoms with E-state index in [1.807, 2.05) is 12.1 Å². The number of hydrogen-bond acceptors (Lipinski definition) is 1. The topological polar surface area (TPSA) is 20.2 Å². The van der Waals surface area contributed by atoms with E-state index in [4.69, 9.17) is 0 Å². The first-order valence-corrected chi connectivity index (χ1v) is 6.73. The Morgan fingerprint density at radius 2 is 1.76 bits per heavy atom. The van der Waals surface area contributed by atoms with Crippen molar-refractivity contribution >= 4 is 0 Å². The van der Waals surface area contributed by atoms with Crippen LogP contribution in [0.15, 0.2) is 42.5 Å². The normalized spacial score (nSPS) is 19.6. The maximum atomic E-state index is 10.3. The van der Waals surface area contributed by atoms with Crippen LogP contribution in [0.4, 0.5) is 0 Å².